The van der Waals surface area contributed by atoms with Crippen LogP contribution >= 0.6 is 11.3 Å². The molecule has 8 heteroatoms. The molecule has 0 fully saturated rings. The highest BCUT2D eigenvalue weighted by Crippen LogP contribution is 2.25. The maximum absolute atomic E-state index is 12.3. The molecule has 2 rings (SSSR count). The van der Waals surface area contributed by atoms with E-state index in [1.807, 2.05) is 0 Å². The first-order chi connectivity index (χ1) is 11.0. The summed E-state index contributed by atoms with van der Waals surface area (Å²) in [6, 6.07) is 7.50. The van der Waals surface area contributed by atoms with Crippen LogP contribution in [0, 0.1) is 6.92 Å². The number of nitrogens with one attached hydrogen (secondary N) is 1. The number of esters is 1. The van der Waals surface area contributed by atoms with Gasteiger partial charge in [-0.2, -0.15) is 8.78 Å². The minimum atomic E-state index is -3.01. The maximum Gasteiger partial charge on any atom is 0.387 e. The zero-order valence-corrected chi connectivity index (χ0v) is 12.9. The lowest BCUT2D eigenvalue weighted by Crippen LogP contribution is -2.21. The van der Waals surface area contributed by atoms with Crippen LogP contribution in [0.4, 0.5) is 14.5 Å². The molecule has 0 saturated carbocycles. The Morgan fingerprint density at radius 2 is 2.00 bits per heavy atom. The number of amides is 1. The van der Waals surface area contributed by atoms with Crippen molar-refractivity contribution in [3.05, 3.63) is 46.2 Å². The van der Waals surface area contributed by atoms with E-state index in [4.69, 9.17) is 4.74 Å². The van der Waals surface area contributed by atoms with Crippen molar-refractivity contribution in [2.24, 2.45) is 0 Å². The lowest BCUT2D eigenvalue weighted by Gasteiger charge is -2.11. The summed E-state index contributed by atoms with van der Waals surface area (Å²) >= 11 is 1.21. The van der Waals surface area contributed by atoms with Gasteiger partial charge in [0.25, 0.3) is 5.91 Å². The van der Waals surface area contributed by atoms with Crippen LogP contribution in [0.1, 0.15) is 15.2 Å². The molecular formula is C15H13F2NO4S. The van der Waals surface area contributed by atoms with Crippen LogP contribution in [0.5, 0.6) is 5.75 Å². The number of benzene rings is 1. The van der Waals surface area contributed by atoms with Gasteiger partial charge in [0.1, 0.15) is 10.6 Å². The molecule has 0 aliphatic heterocycles. The average molecular weight is 341 g/mol. The predicted octanol–water partition coefficient (Wildman–Crippen LogP) is 3.45. The molecule has 1 amide bonds. The smallest absolute Gasteiger partial charge is 0.387 e. The zero-order valence-electron chi connectivity index (χ0n) is 12.0. The van der Waals surface area contributed by atoms with E-state index >= 15 is 0 Å². The van der Waals surface area contributed by atoms with Crippen molar-refractivity contribution in [1.29, 1.82) is 0 Å². The molecule has 0 spiro atoms. The average Bonchev–Trinajstić information content (AvgIpc) is 2.92. The Labute approximate surface area is 134 Å². The third-order valence-electron chi connectivity index (χ3n) is 2.76. The predicted molar refractivity (Wildman–Crippen MR) is 81.0 cm³/mol. The van der Waals surface area contributed by atoms with Crippen molar-refractivity contribution in [3.8, 4) is 5.75 Å². The summed E-state index contributed by atoms with van der Waals surface area (Å²) in [4.78, 5) is 24.0. The van der Waals surface area contributed by atoms with E-state index < -0.39 is 25.1 Å². The van der Waals surface area contributed by atoms with E-state index in [0.29, 0.717) is 4.88 Å². The number of alkyl halides is 2. The van der Waals surface area contributed by atoms with Crippen LogP contribution in [-0.4, -0.2) is 25.1 Å². The van der Waals surface area contributed by atoms with Gasteiger partial charge >= 0.3 is 12.6 Å². The topological polar surface area (TPSA) is 64.6 Å². The van der Waals surface area contributed by atoms with Gasteiger partial charge in [0.2, 0.25) is 0 Å². The van der Waals surface area contributed by atoms with Gasteiger partial charge in [-0.3, -0.25) is 4.79 Å². The molecule has 0 aliphatic carbocycles. The highest BCUT2D eigenvalue weighted by Gasteiger charge is 2.15. The molecule has 0 unspecified atom stereocenters. The quantitative estimate of drug-likeness (QED) is 0.818. The Hall–Kier alpha value is -2.48. The van der Waals surface area contributed by atoms with Crippen LogP contribution in [-0.2, 0) is 9.53 Å². The highest BCUT2D eigenvalue weighted by atomic mass is 32.1. The van der Waals surface area contributed by atoms with E-state index in [1.54, 1.807) is 24.4 Å². The minimum absolute atomic E-state index is 0.0705. The Morgan fingerprint density at radius 3 is 2.65 bits per heavy atom. The number of anilines is 1. The van der Waals surface area contributed by atoms with Crippen LogP contribution in [0.25, 0.3) is 0 Å². The van der Waals surface area contributed by atoms with Gasteiger partial charge in [-0.1, -0.05) is 12.1 Å². The number of rotatable bonds is 6. The second-order valence-corrected chi connectivity index (χ2v) is 5.35. The second kappa shape index (κ2) is 7.68. The molecule has 1 aromatic heterocycles. The van der Waals surface area contributed by atoms with Crippen LogP contribution in [0.2, 0.25) is 0 Å². The fourth-order valence-corrected chi connectivity index (χ4v) is 2.55. The van der Waals surface area contributed by atoms with Crippen LogP contribution in [0.3, 0.4) is 0 Å². The van der Waals surface area contributed by atoms with E-state index in [2.05, 4.69) is 10.1 Å². The van der Waals surface area contributed by atoms with Gasteiger partial charge in [0.15, 0.2) is 6.61 Å². The molecule has 23 heavy (non-hydrogen) atoms. The summed E-state index contributed by atoms with van der Waals surface area (Å²) in [6.07, 6.45) is 0. The summed E-state index contributed by atoms with van der Waals surface area (Å²) in [5.74, 6) is -1.43. The van der Waals surface area contributed by atoms with Gasteiger partial charge in [-0.05, 0) is 36.1 Å². The standard InChI is InChI=1S/C15H13F2NO4S/c1-9-6-7-23-13(9)14(20)21-8-12(19)18-10-4-2-3-5-11(10)22-15(16)17/h2-7,15H,8H2,1H3,(H,18,19). The molecule has 0 saturated heterocycles. The van der Waals surface area contributed by atoms with Gasteiger partial charge in [-0.25, -0.2) is 4.79 Å². The third kappa shape index (κ3) is 4.75. The number of aryl methyl sites for hydroxylation is 1. The van der Waals surface area contributed by atoms with Crippen LogP contribution < -0.4 is 10.1 Å². The van der Waals surface area contributed by atoms with Crippen LogP contribution in [0.15, 0.2) is 35.7 Å². The van der Waals surface area contributed by atoms with Gasteiger partial charge in [0, 0.05) is 0 Å². The molecule has 5 nitrogen and oxygen atoms in total. The maximum atomic E-state index is 12.3. The fourth-order valence-electron chi connectivity index (χ4n) is 1.73. The number of hydrogen-bond acceptors (Lipinski definition) is 5. The molecule has 1 aromatic carbocycles. The Bertz CT molecular complexity index is 702. The summed E-state index contributed by atoms with van der Waals surface area (Å²) < 4.78 is 33.8. The van der Waals surface area contributed by atoms with E-state index in [9.17, 15) is 18.4 Å². The Kier molecular flexibility index (Phi) is 5.64. The van der Waals surface area contributed by atoms with E-state index in [-0.39, 0.29) is 11.4 Å². The Balaban J connectivity index is 1.93. The number of hydrogen-bond donors (Lipinski definition) is 1. The first kappa shape index (κ1) is 16.9. The summed E-state index contributed by atoms with van der Waals surface area (Å²) in [5, 5.41) is 4.10. The monoisotopic (exact) mass is 341 g/mol. The third-order valence-corrected chi connectivity index (χ3v) is 3.76. The largest absolute Gasteiger partial charge is 0.451 e. The van der Waals surface area contributed by atoms with Crippen molar-refractivity contribution < 1.29 is 27.8 Å². The molecule has 0 aliphatic rings. The molecule has 1 N–H and O–H groups in total. The normalized spacial score (nSPS) is 10.4. The molecular weight excluding hydrogens is 328 g/mol. The molecule has 0 atom stereocenters. The number of ether oxygens (including phenoxy) is 2. The number of para-hydroxylation sites is 2. The lowest BCUT2D eigenvalue weighted by molar-refractivity contribution is -0.119. The first-order valence-electron chi connectivity index (χ1n) is 6.52. The second-order valence-electron chi connectivity index (χ2n) is 4.43. The summed E-state index contributed by atoms with van der Waals surface area (Å²) in [7, 11) is 0. The molecule has 1 heterocycles. The highest BCUT2D eigenvalue weighted by molar-refractivity contribution is 7.12. The molecule has 0 radical (unpaired) electrons. The zero-order chi connectivity index (χ0) is 16.8. The van der Waals surface area contributed by atoms with Crippen molar-refractivity contribution in [2.75, 3.05) is 11.9 Å². The molecule has 122 valence electrons. The van der Waals surface area contributed by atoms with Gasteiger partial charge < -0.3 is 14.8 Å². The number of carbonyl (C=O) groups is 2. The van der Waals surface area contributed by atoms with Crippen molar-refractivity contribution in [2.45, 2.75) is 13.5 Å². The summed E-state index contributed by atoms with van der Waals surface area (Å²) in [6.45, 7) is -1.78. The number of thiophene rings is 1. The van der Waals surface area contributed by atoms with E-state index in [1.165, 1.54) is 29.5 Å². The molecule has 2 aromatic rings. The SMILES string of the molecule is Cc1ccsc1C(=O)OCC(=O)Nc1ccccc1OC(F)F. The first-order valence-corrected chi connectivity index (χ1v) is 7.40. The molecule has 0 bridgehead atoms. The van der Waals surface area contributed by atoms with Gasteiger partial charge in [0.05, 0.1) is 5.69 Å². The number of halogens is 2. The van der Waals surface area contributed by atoms with Crippen molar-refractivity contribution >= 4 is 28.9 Å². The number of carbonyl (C=O) groups excluding carboxylic acids is 2. The fraction of sp³-hybridized carbons (Fsp3) is 0.200. The van der Waals surface area contributed by atoms with E-state index in [0.717, 1.165) is 5.56 Å². The summed E-state index contributed by atoms with van der Waals surface area (Å²) in [5.41, 5.74) is 0.831. The Morgan fingerprint density at radius 1 is 1.26 bits per heavy atom. The van der Waals surface area contributed by atoms with Crippen molar-refractivity contribution in [3.63, 3.8) is 0 Å². The lowest BCUT2D eigenvalue weighted by atomic mass is 10.3. The minimum Gasteiger partial charge on any atom is -0.451 e. The van der Waals surface area contributed by atoms with Gasteiger partial charge in [-0.15, -0.1) is 11.3 Å². The van der Waals surface area contributed by atoms with Crippen molar-refractivity contribution in [1.82, 2.24) is 0 Å².